The van der Waals surface area contributed by atoms with Crippen molar-refractivity contribution < 1.29 is 24.7 Å². The van der Waals surface area contributed by atoms with Gasteiger partial charge >= 0.3 is 0 Å². The molecule has 0 aliphatic rings. The van der Waals surface area contributed by atoms with E-state index in [0.717, 1.165) is 0 Å². The van der Waals surface area contributed by atoms with Crippen molar-refractivity contribution in [3.8, 4) is 0 Å². The van der Waals surface area contributed by atoms with E-state index >= 15 is 0 Å². The Morgan fingerprint density at radius 2 is 2.00 bits per heavy atom. The molecule has 0 spiro atoms. The molecule has 0 aliphatic carbocycles. The van der Waals surface area contributed by atoms with E-state index in [1.165, 1.54) is 24.3 Å². The molecule has 0 aromatic heterocycles. The summed E-state index contributed by atoms with van der Waals surface area (Å²) >= 11 is 0. The molecule has 0 saturated heterocycles. The number of carbonyl (C=O) groups is 2. The first-order valence-corrected chi connectivity index (χ1v) is 5.28. The van der Waals surface area contributed by atoms with Gasteiger partial charge in [0, 0.05) is 12.1 Å². The van der Waals surface area contributed by atoms with Crippen molar-refractivity contribution in [2.45, 2.75) is 12.1 Å². The molecule has 0 heterocycles. The fraction of sp³-hybridized carbons (Fsp3) is 0.273. The monoisotopic (exact) mass is 268 g/mol. The molecule has 3 N–H and O–H groups in total. The highest BCUT2D eigenvalue weighted by Gasteiger charge is 2.22. The zero-order chi connectivity index (χ0) is 14.4. The lowest BCUT2D eigenvalue weighted by Gasteiger charge is -2.21. The van der Waals surface area contributed by atoms with Crippen LogP contribution in [0.25, 0.3) is 0 Å². The summed E-state index contributed by atoms with van der Waals surface area (Å²) in [4.78, 5) is 30.9. The maximum atomic E-state index is 10.9. The third kappa shape index (κ3) is 3.83. The number of nitrogens with zero attached hydrogens (tertiary/aromatic N) is 1. The molecule has 1 amide bonds. The Balaban J connectivity index is 2.84. The number of carbonyl (C=O) groups excluding carboxylic acids is 2. The van der Waals surface area contributed by atoms with Gasteiger partial charge in [0.2, 0.25) is 6.29 Å². The van der Waals surface area contributed by atoms with Crippen molar-refractivity contribution in [3.63, 3.8) is 0 Å². The first-order chi connectivity index (χ1) is 8.99. The number of rotatable bonds is 6. The number of hydrogen-bond acceptors (Lipinski definition) is 6. The molecule has 1 aromatic carbocycles. The number of aliphatic hydroxyl groups excluding tert-OH is 2. The maximum absolute atomic E-state index is 10.9. The summed E-state index contributed by atoms with van der Waals surface area (Å²) in [7, 11) is 0. The van der Waals surface area contributed by atoms with Gasteiger partial charge in [0.25, 0.3) is 11.6 Å². The van der Waals surface area contributed by atoms with E-state index in [1.54, 1.807) is 0 Å². The lowest BCUT2D eigenvalue weighted by molar-refractivity contribution is -0.384. The van der Waals surface area contributed by atoms with Gasteiger partial charge in [-0.3, -0.25) is 19.7 Å². The first kappa shape index (κ1) is 14.7. The van der Waals surface area contributed by atoms with E-state index in [-0.39, 0.29) is 17.5 Å². The quantitative estimate of drug-likeness (QED) is 0.271. The van der Waals surface area contributed by atoms with Gasteiger partial charge in [0.1, 0.15) is 6.10 Å². The number of nitro benzene ring substituents is 1. The Hall–Kier alpha value is -2.32. The van der Waals surface area contributed by atoms with E-state index in [2.05, 4.69) is 5.32 Å². The van der Waals surface area contributed by atoms with Crippen LogP contribution in [0, 0.1) is 10.1 Å². The lowest BCUT2D eigenvalue weighted by atomic mass is 10.0. The fourth-order valence-electron chi connectivity index (χ4n) is 1.47. The average molecular weight is 268 g/mol. The number of non-ortho nitro benzene ring substituents is 1. The van der Waals surface area contributed by atoms with Crippen LogP contribution in [0.2, 0.25) is 0 Å². The number of amides is 1. The minimum absolute atomic E-state index is 0.0191. The lowest BCUT2D eigenvalue weighted by Crippen LogP contribution is -2.42. The van der Waals surface area contributed by atoms with Gasteiger partial charge in [-0.2, -0.15) is 0 Å². The molecule has 8 nitrogen and oxygen atoms in total. The molecule has 0 radical (unpaired) electrons. The van der Waals surface area contributed by atoms with Crippen LogP contribution in [0.15, 0.2) is 24.3 Å². The van der Waals surface area contributed by atoms with Crippen molar-refractivity contribution in [2.75, 3.05) is 6.61 Å². The topological polar surface area (TPSA) is 130 Å². The SMILES string of the molecule is O=CC(=O)N[C@H](CO)[C@H](O)c1ccc([N+](=O)[O-])cc1. The summed E-state index contributed by atoms with van der Waals surface area (Å²) in [6, 6.07) is 3.92. The van der Waals surface area contributed by atoms with Crippen molar-refractivity contribution in [1.82, 2.24) is 5.32 Å². The Morgan fingerprint density at radius 3 is 2.42 bits per heavy atom. The number of nitrogens with one attached hydrogen (secondary N) is 1. The van der Waals surface area contributed by atoms with Crippen LogP contribution < -0.4 is 5.32 Å². The average Bonchev–Trinajstić information content (AvgIpc) is 2.43. The molecule has 0 aliphatic heterocycles. The van der Waals surface area contributed by atoms with Crippen molar-refractivity contribution in [3.05, 3.63) is 39.9 Å². The summed E-state index contributed by atoms with van der Waals surface area (Å²) in [6.45, 7) is -0.586. The molecule has 102 valence electrons. The van der Waals surface area contributed by atoms with Crippen molar-refractivity contribution in [1.29, 1.82) is 0 Å². The highest BCUT2D eigenvalue weighted by Crippen LogP contribution is 2.20. The number of benzene rings is 1. The summed E-state index contributed by atoms with van der Waals surface area (Å²) in [5.74, 6) is -0.972. The highest BCUT2D eigenvalue weighted by atomic mass is 16.6. The summed E-state index contributed by atoms with van der Waals surface area (Å²) in [6.07, 6.45) is -1.26. The molecule has 0 bridgehead atoms. The number of aldehydes is 1. The number of aliphatic hydroxyl groups is 2. The van der Waals surface area contributed by atoms with Crippen LogP contribution in [0.1, 0.15) is 11.7 Å². The number of hydrogen-bond donors (Lipinski definition) is 3. The fourth-order valence-corrected chi connectivity index (χ4v) is 1.47. The third-order valence-electron chi connectivity index (χ3n) is 2.46. The van der Waals surface area contributed by atoms with E-state index in [0.29, 0.717) is 0 Å². The summed E-state index contributed by atoms with van der Waals surface area (Å²) < 4.78 is 0. The second kappa shape index (κ2) is 6.57. The van der Waals surface area contributed by atoms with Crippen LogP contribution in [0.5, 0.6) is 0 Å². The molecule has 0 unspecified atom stereocenters. The normalized spacial score (nSPS) is 13.4. The second-order valence-corrected chi connectivity index (χ2v) is 3.71. The largest absolute Gasteiger partial charge is 0.394 e. The third-order valence-corrected chi connectivity index (χ3v) is 2.46. The van der Waals surface area contributed by atoms with Crippen molar-refractivity contribution >= 4 is 17.9 Å². The predicted octanol–water partition coefficient (Wildman–Crippen LogP) is -0.696. The molecular weight excluding hydrogens is 256 g/mol. The van der Waals surface area contributed by atoms with Gasteiger partial charge < -0.3 is 15.5 Å². The Bertz CT molecular complexity index is 473. The maximum Gasteiger partial charge on any atom is 0.284 e. The predicted molar refractivity (Wildman–Crippen MR) is 63.1 cm³/mol. The highest BCUT2D eigenvalue weighted by molar-refractivity contribution is 6.23. The molecule has 1 rings (SSSR count). The van der Waals surface area contributed by atoms with Crippen LogP contribution in [0.4, 0.5) is 5.69 Å². The molecule has 0 saturated carbocycles. The van der Waals surface area contributed by atoms with Crippen LogP contribution >= 0.6 is 0 Å². The molecular formula is C11H12N2O6. The second-order valence-electron chi connectivity index (χ2n) is 3.71. The Labute approximate surface area is 107 Å². The molecule has 19 heavy (non-hydrogen) atoms. The van der Waals surface area contributed by atoms with Gasteiger partial charge in [-0.05, 0) is 17.7 Å². The smallest absolute Gasteiger partial charge is 0.284 e. The number of nitro groups is 1. The first-order valence-electron chi connectivity index (χ1n) is 5.28. The van der Waals surface area contributed by atoms with Crippen LogP contribution in [0.3, 0.4) is 0 Å². The molecule has 8 heteroatoms. The van der Waals surface area contributed by atoms with Crippen LogP contribution in [-0.2, 0) is 9.59 Å². The minimum Gasteiger partial charge on any atom is -0.394 e. The van der Waals surface area contributed by atoms with Gasteiger partial charge in [-0.15, -0.1) is 0 Å². The zero-order valence-electron chi connectivity index (χ0n) is 9.72. The Kier molecular flexibility index (Phi) is 5.10. The molecule has 1 aromatic rings. The minimum atomic E-state index is -1.28. The standard InChI is InChI=1S/C11H12N2O6/c14-5-9(12-10(16)6-15)11(17)7-1-3-8(4-2-7)13(18)19/h1-4,6,9,11,14,17H,5H2,(H,12,16)/t9-,11-/m1/s1. The van der Waals surface area contributed by atoms with E-state index in [1.807, 2.05) is 0 Å². The van der Waals surface area contributed by atoms with Gasteiger partial charge in [-0.25, -0.2) is 0 Å². The van der Waals surface area contributed by atoms with E-state index in [4.69, 9.17) is 5.11 Å². The van der Waals surface area contributed by atoms with E-state index in [9.17, 15) is 24.8 Å². The molecule has 0 fully saturated rings. The van der Waals surface area contributed by atoms with E-state index < -0.39 is 29.6 Å². The summed E-state index contributed by atoms with van der Waals surface area (Å²) in [5, 5.41) is 31.5. The summed E-state index contributed by atoms with van der Waals surface area (Å²) in [5.41, 5.74) is 0.129. The van der Waals surface area contributed by atoms with Crippen LogP contribution in [-0.4, -0.2) is 40.0 Å². The van der Waals surface area contributed by atoms with Gasteiger partial charge in [-0.1, -0.05) is 0 Å². The Morgan fingerprint density at radius 1 is 1.42 bits per heavy atom. The molecule has 2 atom stereocenters. The van der Waals surface area contributed by atoms with Gasteiger partial charge in [0.15, 0.2) is 0 Å². The van der Waals surface area contributed by atoms with Gasteiger partial charge in [0.05, 0.1) is 17.6 Å². The van der Waals surface area contributed by atoms with Crippen molar-refractivity contribution in [2.24, 2.45) is 0 Å². The zero-order valence-corrected chi connectivity index (χ0v) is 9.72.